The fourth-order valence-corrected chi connectivity index (χ4v) is 10.1. The summed E-state index contributed by atoms with van der Waals surface area (Å²) < 4.78 is 16.9. The number of ether oxygens (including phenoxy) is 3. The van der Waals surface area contributed by atoms with Crippen molar-refractivity contribution in [3.63, 3.8) is 0 Å². The Hall–Kier alpha value is -2.63. The third kappa shape index (κ3) is 62.2. The number of esters is 3. The molecule has 6 nitrogen and oxygen atoms in total. The second-order valence-corrected chi connectivity index (χ2v) is 22.7. The van der Waals surface area contributed by atoms with Crippen molar-refractivity contribution in [2.45, 2.75) is 367 Å². The van der Waals surface area contributed by atoms with Crippen LogP contribution in [0, 0.1) is 0 Å². The molecule has 0 aliphatic carbocycles. The van der Waals surface area contributed by atoms with Gasteiger partial charge in [-0.1, -0.05) is 333 Å². The van der Waals surface area contributed by atoms with Crippen molar-refractivity contribution in [2.75, 3.05) is 13.2 Å². The van der Waals surface area contributed by atoms with E-state index >= 15 is 0 Å². The highest BCUT2D eigenvalue weighted by Gasteiger charge is 2.19. The highest BCUT2D eigenvalue weighted by molar-refractivity contribution is 5.71. The highest BCUT2D eigenvalue weighted by atomic mass is 16.6. The maximum atomic E-state index is 12.9. The Labute approximate surface area is 473 Å². The van der Waals surface area contributed by atoms with E-state index in [2.05, 4.69) is 69.4 Å². The highest BCUT2D eigenvalue weighted by Crippen LogP contribution is 2.18. The van der Waals surface area contributed by atoms with Crippen molar-refractivity contribution in [2.24, 2.45) is 0 Å². The smallest absolute Gasteiger partial charge is 0.306 e. The Morgan fingerprint density at radius 3 is 0.803 bits per heavy atom. The van der Waals surface area contributed by atoms with Gasteiger partial charge in [0.15, 0.2) is 6.10 Å². The molecule has 444 valence electrons. The van der Waals surface area contributed by atoms with E-state index in [1.807, 2.05) is 0 Å². The largest absolute Gasteiger partial charge is 0.462 e. The summed E-state index contributed by atoms with van der Waals surface area (Å²) in [5, 5.41) is 0. The first-order valence-electron chi connectivity index (χ1n) is 33.6. The number of hydrogen-bond donors (Lipinski definition) is 0. The molecule has 0 aromatic carbocycles. The van der Waals surface area contributed by atoms with E-state index in [1.165, 1.54) is 238 Å². The number of allylic oxidation sites excluding steroid dienone is 8. The van der Waals surface area contributed by atoms with Crippen LogP contribution in [0.15, 0.2) is 48.6 Å². The lowest BCUT2D eigenvalue weighted by atomic mass is 10.0. The van der Waals surface area contributed by atoms with Gasteiger partial charge in [-0.2, -0.15) is 0 Å². The van der Waals surface area contributed by atoms with Gasteiger partial charge in [0.2, 0.25) is 0 Å². The minimum Gasteiger partial charge on any atom is -0.462 e. The van der Waals surface area contributed by atoms with Gasteiger partial charge in [0.25, 0.3) is 0 Å². The Balaban J connectivity index is 4.04. The van der Waals surface area contributed by atoms with E-state index in [-0.39, 0.29) is 31.1 Å². The van der Waals surface area contributed by atoms with Gasteiger partial charge in [-0.05, 0) is 57.8 Å². The van der Waals surface area contributed by atoms with Gasteiger partial charge in [-0.3, -0.25) is 14.4 Å². The first-order valence-corrected chi connectivity index (χ1v) is 33.6. The zero-order chi connectivity index (χ0) is 55.0. The van der Waals surface area contributed by atoms with Crippen LogP contribution in [0.25, 0.3) is 0 Å². The van der Waals surface area contributed by atoms with Crippen molar-refractivity contribution >= 4 is 17.9 Å². The molecule has 0 spiro atoms. The van der Waals surface area contributed by atoms with Crippen molar-refractivity contribution in [1.29, 1.82) is 0 Å². The lowest BCUT2D eigenvalue weighted by Gasteiger charge is -2.18. The summed E-state index contributed by atoms with van der Waals surface area (Å²) in [5.41, 5.74) is 0. The molecule has 0 amide bonds. The third-order valence-electron chi connectivity index (χ3n) is 15.1. The summed E-state index contributed by atoms with van der Waals surface area (Å²) in [4.78, 5) is 38.1. The van der Waals surface area contributed by atoms with Crippen LogP contribution < -0.4 is 0 Å². The predicted octanol–water partition coefficient (Wildman–Crippen LogP) is 22.9. The Bertz CT molecular complexity index is 1310. The number of hydrogen-bond acceptors (Lipinski definition) is 6. The van der Waals surface area contributed by atoms with E-state index < -0.39 is 6.10 Å². The zero-order valence-electron chi connectivity index (χ0n) is 51.0. The van der Waals surface area contributed by atoms with Gasteiger partial charge in [-0.15, -0.1) is 0 Å². The van der Waals surface area contributed by atoms with Gasteiger partial charge >= 0.3 is 17.9 Å². The minimum atomic E-state index is -0.767. The molecule has 0 saturated carbocycles. The third-order valence-corrected chi connectivity index (χ3v) is 15.1. The van der Waals surface area contributed by atoms with Crippen molar-refractivity contribution in [3.05, 3.63) is 48.6 Å². The summed E-state index contributed by atoms with van der Waals surface area (Å²) in [5.74, 6) is -0.849. The fraction of sp³-hybridized carbons (Fsp3) is 0.843. The standard InChI is InChI=1S/C70H128O6/c1-4-7-10-13-16-18-20-22-24-26-28-30-32-33-34-35-36-37-38-40-41-43-45-47-49-51-54-57-60-63-69(72)75-66-67(65-74-68(71)62-59-56-53-15-12-9-6-3)76-70(73)64-61-58-55-52-50-48-46-44-42-39-31-29-27-25-23-21-19-17-14-11-8-5-2/h7,10,16,18,22,24,28,30,67H,4-6,8-9,11-15,17,19-21,23,25-27,29,31-66H2,1-3H3/b10-7-,18-16-,24-22-,30-28-. The summed E-state index contributed by atoms with van der Waals surface area (Å²) >= 11 is 0. The second-order valence-electron chi connectivity index (χ2n) is 22.7. The molecule has 0 rings (SSSR count). The van der Waals surface area contributed by atoms with Crippen LogP contribution in [0.1, 0.15) is 361 Å². The minimum absolute atomic E-state index is 0.0671. The lowest BCUT2D eigenvalue weighted by Crippen LogP contribution is -2.30. The van der Waals surface area contributed by atoms with E-state index in [0.717, 1.165) is 83.5 Å². The number of rotatable bonds is 62. The predicted molar refractivity (Wildman–Crippen MR) is 330 cm³/mol. The molecule has 0 aliphatic heterocycles. The van der Waals surface area contributed by atoms with Crippen LogP contribution in [0.2, 0.25) is 0 Å². The average molecular weight is 1070 g/mol. The van der Waals surface area contributed by atoms with Crippen molar-refractivity contribution < 1.29 is 28.6 Å². The number of carbonyl (C=O) groups excluding carboxylic acids is 3. The first-order chi connectivity index (χ1) is 37.5. The molecular weight excluding hydrogens is 937 g/mol. The van der Waals surface area contributed by atoms with Gasteiger partial charge in [0.1, 0.15) is 13.2 Å². The molecule has 0 N–H and O–H groups in total. The molecule has 76 heavy (non-hydrogen) atoms. The Morgan fingerprint density at radius 1 is 0.276 bits per heavy atom. The summed E-state index contributed by atoms with van der Waals surface area (Å²) in [6.45, 7) is 6.55. The molecule has 0 aromatic rings. The first kappa shape index (κ1) is 73.4. The van der Waals surface area contributed by atoms with Crippen LogP contribution in [-0.2, 0) is 28.6 Å². The Morgan fingerprint density at radius 2 is 0.513 bits per heavy atom. The van der Waals surface area contributed by atoms with Gasteiger partial charge < -0.3 is 14.2 Å². The van der Waals surface area contributed by atoms with Gasteiger partial charge in [0.05, 0.1) is 0 Å². The monoisotopic (exact) mass is 1060 g/mol. The normalized spacial score (nSPS) is 12.3. The molecule has 0 aliphatic rings. The molecule has 0 bridgehead atoms. The van der Waals surface area contributed by atoms with Crippen LogP contribution in [0.4, 0.5) is 0 Å². The molecule has 1 unspecified atom stereocenters. The quantitative estimate of drug-likeness (QED) is 0.0261. The number of unbranched alkanes of at least 4 members (excludes halogenated alkanes) is 43. The van der Waals surface area contributed by atoms with Crippen LogP contribution in [-0.4, -0.2) is 37.2 Å². The lowest BCUT2D eigenvalue weighted by molar-refractivity contribution is -0.167. The van der Waals surface area contributed by atoms with Crippen LogP contribution in [0.3, 0.4) is 0 Å². The molecule has 6 heteroatoms. The molecular formula is C70H128O6. The molecule has 0 aromatic heterocycles. The van der Waals surface area contributed by atoms with E-state index in [4.69, 9.17) is 14.2 Å². The van der Waals surface area contributed by atoms with Crippen LogP contribution >= 0.6 is 0 Å². The summed E-state index contributed by atoms with van der Waals surface area (Å²) in [6, 6.07) is 0. The maximum Gasteiger partial charge on any atom is 0.306 e. The Kier molecular flexibility index (Phi) is 62.6. The maximum absolute atomic E-state index is 12.9. The van der Waals surface area contributed by atoms with Gasteiger partial charge in [-0.25, -0.2) is 0 Å². The van der Waals surface area contributed by atoms with Crippen molar-refractivity contribution in [1.82, 2.24) is 0 Å². The van der Waals surface area contributed by atoms with Crippen molar-refractivity contribution in [3.8, 4) is 0 Å². The van der Waals surface area contributed by atoms with Crippen LogP contribution in [0.5, 0.6) is 0 Å². The SMILES string of the molecule is CC/C=C\C/C=C\C/C=C\C/C=C\CCCCCCCCCCCCCCCCCCC(=O)OCC(COC(=O)CCCCCCCCC)OC(=O)CCCCCCCCCCCCCCCCCCCCCCCC. The van der Waals surface area contributed by atoms with Gasteiger partial charge in [0, 0.05) is 19.3 Å². The van der Waals surface area contributed by atoms with E-state index in [1.54, 1.807) is 0 Å². The second kappa shape index (κ2) is 64.9. The molecule has 0 radical (unpaired) electrons. The zero-order valence-corrected chi connectivity index (χ0v) is 51.0. The molecule has 0 heterocycles. The van der Waals surface area contributed by atoms with E-state index in [0.29, 0.717) is 19.3 Å². The summed E-state index contributed by atoms with van der Waals surface area (Å²) in [7, 11) is 0. The molecule has 0 fully saturated rings. The molecule has 1 atom stereocenters. The summed E-state index contributed by atoms with van der Waals surface area (Å²) in [6.07, 6.45) is 81.6. The van der Waals surface area contributed by atoms with E-state index in [9.17, 15) is 14.4 Å². The average Bonchev–Trinajstić information content (AvgIpc) is 3.42. The molecule has 0 saturated heterocycles. The number of carbonyl (C=O) groups is 3. The fourth-order valence-electron chi connectivity index (χ4n) is 10.1. The topological polar surface area (TPSA) is 78.9 Å².